The average Bonchev–Trinajstić information content (AvgIpc) is 2.61. The number of carbonyl (C=O) groups is 1. The standard InChI is InChI=1S/C18H21NO4/c1-21-18(22-2,13-15-9-5-3-6-10-15)19-17(20)23-14-16-11-7-4-8-12-16/h3-12H,13-14H2,1-2H3,(H,19,20). The van der Waals surface area contributed by atoms with Gasteiger partial charge in [0, 0.05) is 20.6 Å². The summed E-state index contributed by atoms with van der Waals surface area (Å²) in [6.07, 6.45) is -0.241. The number of amides is 1. The van der Waals surface area contributed by atoms with Crippen LogP contribution >= 0.6 is 0 Å². The zero-order valence-corrected chi connectivity index (χ0v) is 13.3. The molecule has 0 bridgehead atoms. The topological polar surface area (TPSA) is 56.8 Å². The van der Waals surface area contributed by atoms with Gasteiger partial charge >= 0.3 is 6.09 Å². The first-order valence-corrected chi connectivity index (χ1v) is 7.30. The number of ether oxygens (including phenoxy) is 3. The summed E-state index contributed by atoms with van der Waals surface area (Å²) in [7, 11) is 2.95. The van der Waals surface area contributed by atoms with Gasteiger partial charge < -0.3 is 14.2 Å². The molecule has 0 saturated heterocycles. The van der Waals surface area contributed by atoms with Gasteiger partial charge in [-0.25, -0.2) is 4.79 Å². The molecule has 0 radical (unpaired) electrons. The van der Waals surface area contributed by atoms with E-state index in [1.54, 1.807) is 0 Å². The summed E-state index contributed by atoms with van der Waals surface area (Å²) >= 11 is 0. The van der Waals surface area contributed by atoms with Gasteiger partial charge in [0.1, 0.15) is 6.61 Å². The van der Waals surface area contributed by atoms with Crippen LogP contribution < -0.4 is 5.32 Å². The van der Waals surface area contributed by atoms with E-state index in [0.717, 1.165) is 11.1 Å². The summed E-state index contributed by atoms with van der Waals surface area (Å²) in [5.74, 6) is -1.27. The lowest BCUT2D eigenvalue weighted by molar-refractivity contribution is -0.221. The Morgan fingerprint density at radius 3 is 1.96 bits per heavy atom. The van der Waals surface area contributed by atoms with Crippen molar-refractivity contribution >= 4 is 6.09 Å². The Balaban J connectivity index is 1.96. The highest BCUT2D eigenvalue weighted by Crippen LogP contribution is 2.16. The van der Waals surface area contributed by atoms with Gasteiger partial charge in [0.05, 0.1) is 0 Å². The zero-order valence-electron chi connectivity index (χ0n) is 13.3. The maximum atomic E-state index is 12.0. The number of rotatable bonds is 7. The highest BCUT2D eigenvalue weighted by molar-refractivity contribution is 5.67. The highest BCUT2D eigenvalue weighted by atomic mass is 16.7. The summed E-state index contributed by atoms with van der Waals surface area (Å²) < 4.78 is 16.0. The van der Waals surface area contributed by atoms with Crippen LogP contribution in [-0.4, -0.2) is 26.2 Å². The van der Waals surface area contributed by atoms with Crippen LogP contribution in [0.4, 0.5) is 4.79 Å². The van der Waals surface area contributed by atoms with Crippen molar-refractivity contribution in [2.24, 2.45) is 0 Å². The molecule has 2 aromatic rings. The lowest BCUT2D eigenvalue weighted by Crippen LogP contribution is -2.53. The maximum Gasteiger partial charge on any atom is 0.411 e. The smallest absolute Gasteiger partial charge is 0.411 e. The molecule has 0 spiro atoms. The molecule has 0 aliphatic rings. The minimum atomic E-state index is -1.27. The van der Waals surface area contributed by atoms with Gasteiger partial charge in [-0.1, -0.05) is 60.7 Å². The third-order valence-electron chi connectivity index (χ3n) is 3.44. The molecule has 0 heterocycles. The van der Waals surface area contributed by atoms with E-state index in [0.29, 0.717) is 6.42 Å². The maximum absolute atomic E-state index is 12.0. The molecule has 2 aromatic carbocycles. The first-order chi connectivity index (χ1) is 11.2. The lowest BCUT2D eigenvalue weighted by atomic mass is 10.1. The quantitative estimate of drug-likeness (QED) is 0.798. The average molecular weight is 315 g/mol. The van der Waals surface area contributed by atoms with Gasteiger partial charge in [-0.2, -0.15) is 0 Å². The molecule has 0 aliphatic heterocycles. The fourth-order valence-electron chi connectivity index (χ4n) is 2.15. The predicted octanol–water partition coefficient (Wildman–Crippen LogP) is 3.10. The van der Waals surface area contributed by atoms with Crippen LogP contribution in [0, 0.1) is 0 Å². The van der Waals surface area contributed by atoms with Crippen LogP contribution in [0.15, 0.2) is 60.7 Å². The van der Waals surface area contributed by atoms with E-state index in [1.165, 1.54) is 14.2 Å². The van der Waals surface area contributed by atoms with Crippen molar-refractivity contribution in [3.05, 3.63) is 71.8 Å². The normalized spacial score (nSPS) is 11.0. The van der Waals surface area contributed by atoms with Crippen molar-refractivity contribution in [3.8, 4) is 0 Å². The lowest BCUT2D eigenvalue weighted by Gasteiger charge is -2.31. The van der Waals surface area contributed by atoms with E-state index in [4.69, 9.17) is 14.2 Å². The van der Waals surface area contributed by atoms with E-state index < -0.39 is 12.0 Å². The van der Waals surface area contributed by atoms with Crippen LogP contribution in [0.25, 0.3) is 0 Å². The molecule has 0 unspecified atom stereocenters. The van der Waals surface area contributed by atoms with E-state index in [9.17, 15) is 4.79 Å². The molecule has 23 heavy (non-hydrogen) atoms. The van der Waals surface area contributed by atoms with Crippen molar-refractivity contribution in [3.63, 3.8) is 0 Å². The Kier molecular flexibility index (Phi) is 6.14. The summed E-state index contributed by atoms with van der Waals surface area (Å²) in [4.78, 5) is 12.0. The number of methoxy groups -OCH3 is 2. The van der Waals surface area contributed by atoms with Crippen molar-refractivity contribution in [1.82, 2.24) is 5.32 Å². The minimum Gasteiger partial charge on any atom is -0.445 e. The molecule has 2 rings (SSSR count). The SMILES string of the molecule is COC(Cc1ccccc1)(NC(=O)OCc1ccccc1)OC. The zero-order chi connectivity index (χ0) is 16.5. The molecule has 1 N–H and O–H groups in total. The Bertz CT molecular complexity index is 597. The Hall–Kier alpha value is -2.37. The van der Waals surface area contributed by atoms with Gasteiger partial charge in [-0.3, -0.25) is 5.32 Å². The van der Waals surface area contributed by atoms with E-state index in [-0.39, 0.29) is 6.61 Å². The summed E-state index contributed by atoms with van der Waals surface area (Å²) in [5, 5.41) is 2.64. The number of alkyl carbamates (subject to hydrolysis) is 1. The number of carbonyl (C=O) groups excluding carboxylic acids is 1. The first-order valence-electron chi connectivity index (χ1n) is 7.30. The van der Waals surface area contributed by atoms with Crippen molar-refractivity contribution < 1.29 is 19.0 Å². The van der Waals surface area contributed by atoms with E-state index in [1.807, 2.05) is 60.7 Å². The fraction of sp³-hybridized carbons (Fsp3) is 0.278. The summed E-state index contributed by atoms with van der Waals surface area (Å²) in [6, 6.07) is 19.1. The van der Waals surface area contributed by atoms with E-state index >= 15 is 0 Å². The molecule has 0 atom stereocenters. The van der Waals surface area contributed by atoms with Gasteiger partial charge in [0.2, 0.25) is 0 Å². The first kappa shape index (κ1) is 17.0. The second kappa shape index (κ2) is 8.31. The second-order valence-electron chi connectivity index (χ2n) is 5.01. The number of benzene rings is 2. The van der Waals surface area contributed by atoms with E-state index in [2.05, 4.69) is 5.32 Å². The number of hydrogen-bond acceptors (Lipinski definition) is 4. The molecular formula is C18H21NO4. The molecule has 0 aliphatic carbocycles. The highest BCUT2D eigenvalue weighted by Gasteiger charge is 2.33. The van der Waals surface area contributed by atoms with Crippen molar-refractivity contribution in [2.45, 2.75) is 18.9 Å². The second-order valence-corrected chi connectivity index (χ2v) is 5.01. The molecule has 122 valence electrons. The fourth-order valence-corrected chi connectivity index (χ4v) is 2.15. The number of nitrogens with one attached hydrogen (secondary N) is 1. The third-order valence-corrected chi connectivity index (χ3v) is 3.44. The Morgan fingerprint density at radius 1 is 0.913 bits per heavy atom. The monoisotopic (exact) mass is 315 g/mol. The molecule has 5 heteroatoms. The van der Waals surface area contributed by atoms with Crippen molar-refractivity contribution in [1.29, 1.82) is 0 Å². The molecule has 1 amide bonds. The van der Waals surface area contributed by atoms with Gasteiger partial charge in [-0.15, -0.1) is 0 Å². The molecular weight excluding hydrogens is 294 g/mol. The summed E-state index contributed by atoms with van der Waals surface area (Å²) in [5.41, 5.74) is 1.88. The van der Waals surface area contributed by atoms with Gasteiger partial charge in [-0.05, 0) is 11.1 Å². The predicted molar refractivity (Wildman–Crippen MR) is 86.7 cm³/mol. The molecule has 0 saturated carbocycles. The molecule has 5 nitrogen and oxygen atoms in total. The molecule has 0 fully saturated rings. The third kappa shape index (κ3) is 5.09. The largest absolute Gasteiger partial charge is 0.445 e. The van der Waals surface area contributed by atoms with Crippen LogP contribution in [0.5, 0.6) is 0 Å². The van der Waals surface area contributed by atoms with Crippen LogP contribution in [0.1, 0.15) is 11.1 Å². The molecule has 0 aromatic heterocycles. The Labute approximate surface area is 136 Å². The Morgan fingerprint density at radius 2 is 1.43 bits per heavy atom. The van der Waals surface area contributed by atoms with Crippen LogP contribution in [0.3, 0.4) is 0 Å². The van der Waals surface area contributed by atoms with Gasteiger partial charge in [0.25, 0.3) is 5.91 Å². The van der Waals surface area contributed by atoms with Gasteiger partial charge in [0.15, 0.2) is 0 Å². The van der Waals surface area contributed by atoms with Crippen molar-refractivity contribution in [2.75, 3.05) is 14.2 Å². The number of hydrogen-bond donors (Lipinski definition) is 1. The minimum absolute atomic E-state index is 0.182. The van der Waals surface area contributed by atoms with Crippen LogP contribution in [-0.2, 0) is 27.2 Å². The van der Waals surface area contributed by atoms with Crippen LogP contribution in [0.2, 0.25) is 0 Å². The summed E-state index contributed by atoms with van der Waals surface area (Å²) in [6.45, 7) is 0.182.